The first kappa shape index (κ1) is 22.6. The lowest BCUT2D eigenvalue weighted by Crippen LogP contribution is -2.45. The summed E-state index contributed by atoms with van der Waals surface area (Å²) in [5.41, 5.74) is 0.271. The van der Waals surface area contributed by atoms with Crippen LogP contribution in [0, 0.1) is 10.1 Å². The molecular formula is C19H30N4O4. The van der Waals surface area contributed by atoms with Crippen molar-refractivity contribution in [2.24, 2.45) is 0 Å². The number of benzene rings is 1. The molecular weight excluding hydrogens is 348 g/mol. The molecule has 0 saturated heterocycles. The van der Waals surface area contributed by atoms with Gasteiger partial charge in [0, 0.05) is 43.9 Å². The van der Waals surface area contributed by atoms with E-state index in [1.54, 1.807) is 4.90 Å². The standard InChI is InChI=1S/C19H30N4O4/c1-5-20(6-2)13-14-22(15-18(24)21(7-3)8-4)19(25)16-9-11-17(12-10-16)23(26)27/h9-12H,5-8,13-15H2,1-4H3. The lowest BCUT2D eigenvalue weighted by Gasteiger charge is -2.28. The zero-order valence-electron chi connectivity index (χ0n) is 16.7. The minimum atomic E-state index is -0.504. The number of nitrogens with zero attached hydrogens (tertiary/aromatic N) is 4. The van der Waals surface area contributed by atoms with Crippen molar-refractivity contribution in [3.63, 3.8) is 0 Å². The van der Waals surface area contributed by atoms with Crippen molar-refractivity contribution >= 4 is 17.5 Å². The number of likely N-dealkylation sites (N-methyl/N-ethyl adjacent to an activating group) is 2. The van der Waals surface area contributed by atoms with Gasteiger partial charge in [0.05, 0.1) is 4.92 Å². The predicted octanol–water partition coefficient (Wildman–Crippen LogP) is 2.25. The predicted molar refractivity (Wildman–Crippen MR) is 105 cm³/mol. The Morgan fingerprint density at radius 1 is 0.889 bits per heavy atom. The molecule has 0 fully saturated rings. The van der Waals surface area contributed by atoms with Crippen molar-refractivity contribution in [2.75, 3.05) is 45.8 Å². The van der Waals surface area contributed by atoms with Gasteiger partial charge in [-0.2, -0.15) is 0 Å². The molecule has 0 aliphatic heterocycles. The molecule has 0 atom stereocenters. The van der Waals surface area contributed by atoms with Gasteiger partial charge in [-0.15, -0.1) is 0 Å². The Morgan fingerprint density at radius 3 is 1.89 bits per heavy atom. The smallest absolute Gasteiger partial charge is 0.269 e. The van der Waals surface area contributed by atoms with Crippen molar-refractivity contribution in [3.05, 3.63) is 39.9 Å². The zero-order valence-corrected chi connectivity index (χ0v) is 16.7. The Balaban J connectivity index is 2.98. The Labute approximate surface area is 160 Å². The molecule has 8 heteroatoms. The normalized spacial score (nSPS) is 10.7. The van der Waals surface area contributed by atoms with Crippen molar-refractivity contribution in [2.45, 2.75) is 27.7 Å². The van der Waals surface area contributed by atoms with Crippen LogP contribution in [0.2, 0.25) is 0 Å². The maximum Gasteiger partial charge on any atom is 0.269 e. The summed E-state index contributed by atoms with van der Waals surface area (Å²) in [4.78, 5) is 41.1. The van der Waals surface area contributed by atoms with Gasteiger partial charge in [0.25, 0.3) is 11.6 Å². The van der Waals surface area contributed by atoms with Crippen LogP contribution in [0.5, 0.6) is 0 Å². The van der Waals surface area contributed by atoms with E-state index >= 15 is 0 Å². The van der Waals surface area contributed by atoms with E-state index in [0.717, 1.165) is 13.1 Å². The number of rotatable bonds is 11. The Kier molecular flexibility index (Phi) is 9.42. The quantitative estimate of drug-likeness (QED) is 0.435. The van der Waals surface area contributed by atoms with E-state index in [2.05, 4.69) is 4.90 Å². The molecule has 1 aromatic carbocycles. The minimum absolute atomic E-state index is 0.00122. The number of hydrogen-bond donors (Lipinski definition) is 0. The molecule has 2 amide bonds. The summed E-state index contributed by atoms with van der Waals surface area (Å²) in [6.45, 7) is 11.9. The van der Waals surface area contributed by atoms with Gasteiger partial charge in [-0.3, -0.25) is 19.7 Å². The van der Waals surface area contributed by atoms with Crippen molar-refractivity contribution in [3.8, 4) is 0 Å². The summed E-state index contributed by atoms with van der Waals surface area (Å²) >= 11 is 0. The van der Waals surface area contributed by atoms with E-state index < -0.39 is 4.92 Å². The first-order chi connectivity index (χ1) is 12.9. The van der Waals surface area contributed by atoms with Crippen LogP contribution in [0.3, 0.4) is 0 Å². The third-order valence-corrected chi connectivity index (χ3v) is 4.64. The molecule has 0 radical (unpaired) electrons. The summed E-state index contributed by atoms with van der Waals surface area (Å²) in [6.07, 6.45) is 0. The minimum Gasteiger partial charge on any atom is -0.342 e. The monoisotopic (exact) mass is 378 g/mol. The Bertz CT molecular complexity index is 625. The fourth-order valence-electron chi connectivity index (χ4n) is 2.80. The molecule has 1 aromatic rings. The fourth-order valence-corrected chi connectivity index (χ4v) is 2.80. The first-order valence-electron chi connectivity index (χ1n) is 9.41. The van der Waals surface area contributed by atoms with Crippen molar-refractivity contribution in [1.29, 1.82) is 0 Å². The summed E-state index contributed by atoms with van der Waals surface area (Å²) in [5.74, 6) is -0.396. The maximum absolute atomic E-state index is 12.9. The van der Waals surface area contributed by atoms with Gasteiger partial charge in [-0.1, -0.05) is 13.8 Å². The van der Waals surface area contributed by atoms with Gasteiger partial charge in [-0.25, -0.2) is 0 Å². The average Bonchev–Trinajstić information content (AvgIpc) is 2.68. The second-order valence-corrected chi connectivity index (χ2v) is 6.12. The van der Waals surface area contributed by atoms with Gasteiger partial charge in [0.2, 0.25) is 5.91 Å². The molecule has 27 heavy (non-hydrogen) atoms. The maximum atomic E-state index is 12.9. The second kappa shape index (κ2) is 11.3. The van der Waals surface area contributed by atoms with Crippen LogP contribution in [0.1, 0.15) is 38.1 Å². The van der Waals surface area contributed by atoms with Gasteiger partial charge in [0.1, 0.15) is 6.54 Å². The molecule has 1 rings (SSSR count). The van der Waals surface area contributed by atoms with E-state index in [1.165, 1.54) is 29.2 Å². The summed E-state index contributed by atoms with van der Waals surface area (Å²) in [6, 6.07) is 5.49. The Morgan fingerprint density at radius 2 is 1.44 bits per heavy atom. The number of nitro benzene ring substituents is 1. The summed E-state index contributed by atoms with van der Waals surface area (Å²) in [7, 11) is 0. The van der Waals surface area contributed by atoms with Gasteiger partial charge < -0.3 is 14.7 Å². The van der Waals surface area contributed by atoms with Crippen LogP contribution in [-0.4, -0.2) is 77.3 Å². The van der Waals surface area contributed by atoms with E-state index in [4.69, 9.17) is 0 Å². The highest BCUT2D eigenvalue weighted by Crippen LogP contribution is 2.14. The van der Waals surface area contributed by atoms with Crippen LogP contribution in [-0.2, 0) is 4.79 Å². The van der Waals surface area contributed by atoms with E-state index in [1.807, 2.05) is 27.7 Å². The molecule has 8 nitrogen and oxygen atoms in total. The number of carbonyl (C=O) groups excluding carboxylic acids is 2. The molecule has 150 valence electrons. The molecule has 0 unspecified atom stereocenters. The van der Waals surface area contributed by atoms with Crippen LogP contribution in [0.25, 0.3) is 0 Å². The lowest BCUT2D eigenvalue weighted by molar-refractivity contribution is -0.384. The summed E-state index contributed by atoms with van der Waals surface area (Å²) in [5, 5.41) is 10.8. The zero-order chi connectivity index (χ0) is 20.4. The number of nitro groups is 1. The first-order valence-corrected chi connectivity index (χ1v) is 9.41. The van der Waals surface area contributed by atoms with Gasteiger partial charge in [0.15, 0.2) is 0 Å². The summed E-state index contributed by atoms with van der Waals surface area (Å²) < 4.78 is 0. The van der Waals surface area contributed by atoms with Crippen molar-refractivity contribution < 1.29 is 14.5 Å². The molecule has 0 N–H and O–H groups in total. The second-order valence-electron chi connectivity index (χ2n) is 6.12. The number of carbonyl (C=O) groups is 2. The van der Waals surface area contributed by atoms with Crippen LogP contribution < -0.4 is 0 Å². The molecule has 0 aliphatic rings. The van der Waals surface area contributed by atoms with Gasteiger partial charge >= 0.3 is 0 Å². The van der Waals surface area contributed by atoms with Gasteiger partial charge in [-0.05, 0) is 39.1 Å². The number of hydrogen-bond acceptors (Lipinski definition) is 5. The SMILES string of the molecule is CCN(CC)CCN(CC(=O)N(CC)CC)C(=O)c1ccc([N+](=O)[O-])cc1. The van der Waals surface area contributed by atoms with E-state index in [9.17, 15) is 19.7 Å². The highest BCUT2D eigenvalue weighted by atomic mass is 16.6. The highest BCUT2D eigenvalue weighted by molar-refractivity contribution is 5.96. The van der Waals surface area contributed by atoms with Crippen LogP contribution in [0.15, 0.2) is 24.3 Å². The fraction of sp³-hybridized carbons (Fsp3) is 0.579. The van der Waals surface area contributed by atoms with E-state index in [0.29, 0.717) is 31.7 Å². The molecule has 0 saturated carbocycles. The van der Waals surface area contributed by atoms with Crippen LogP contribution in [0.4, 0.5) is 5.69 Å². The average molecular weight is 378 g/mol. The Hall–Kier alpha value is -2.48. The number of non-ortho nitro benzene ring substituents is 1. The highest BCUT2D eigenvalue weighted by Gasteiger charge is 2.22. The van der Waals surface area contributed by atoms with Crippen molar-refractivity contribution in [1.82, 2.24) is 14.7 Å². The molecule has 0 heterocycles. The third-order valence-electron chi connectivity index (χ3n) is 4.64. The van der Waals surface area contributed by atoms with E-state index in [-0.39, 0.29) is 24.0 Å². The number of amides is 2. The molecule has 0 spiro atoms. The largest absolute Gasteiger partial charge is 0.342 e. The topological polar surface area (TPSA) is 87.0 Å². The lowest BCUT2D eigenvalue weighted by atomic mass is 10.1. The van der Waals surface area contributed by atoms with Crippen LogP contribution >= 0.6 is 0 Å². The third kappa shape index (κ3) is 6.63. The molecule has 0 aromatic heterocycles. The molecule has 0 bridgehead atoms. The molecule has 0 aliphatic carbocycles.